The topological polar surface area (TPSA) is 67.2 Å². The number of benzene rings is 1. The number of hydrogen-bond donors (Lipinski definition) is 2. The van der Waals surface area contributed by atoms with E-state index in [1.807, 2.05) is 10.7 Å². The molecule has 0 atom stereocenters. The van der Waals surface area contributed by atoms with Gasteiger partial charge in [-0.25, -0.2) is 9.48 Å². The Morgan fingerprint density at radius 1 is 1.43 bits per heavy atom. The molecule has 2 aromatic rings. The maximum Gasteiger partial charge on any atom is 0.335 e. The van der Waals surface area contributed by atoms with E-state index in [0.717, 1.165) is 49.4 Å². The van der Waals surface area contributed by atoms with Gasteiger partial charge in [-0.15, -0.1) is 0 Å². The molecule has 2 N–H and O–H groups in total. The largest absolute Gasteiger partial charge is 0.478 e. The van der Waals surface area contributed by atoms with Crippen LogP contribution in [0.15, 0.2) is 24.3 Å². The molecule has 110 valence electrons. The van der Waals surface area contributed by atoms with Gasteiger partial charge in [0.2, 0.25) is 0 Å². The summed E-state index contributed by atoms with van der Waals surface area (Å²) in [5.74, 6) is 0.102. The average Bonchev–Trinajstić information content (AvgIpc) is 2.68. The molecule has 1 aromatic carbocycles. The zero-order chi connectivity index (χ0) is 14.8. The first-order chi connectivity index (χ1) is 10.2. The lowest BCUT2D eigenvalue weighted by molar-refractivity contribution is 0.0697. The highest BCUT2D eigenvalue weighted by molar-refractivity contribution is 5.88. The Balaban J connectivity index is 2.12. The van der Waals surface area contributed by atoms with E-state index >= 15 is 0 Å². The van der Waals surface area contributed by atoms with Crippen molar-refractivity contribution in [1.82, 2.24) is 9.78 Å². The van der Waals surface area contributed by atoms with Crippen molar-refractivity contribution >= 4 is 11.8 Å². The van der Waals surface area contributed by atoms with Crippen LogP contribution >= 0.6 is 0 Å². The monoisotopic (exact) mass is 285 g/mol. The molecule has 2 heterocycles. The Hall–Kier alpha value is -2.30. The van der Waals surface area contributed by atoms with Crippen molar-refractivity contribution in [3.63, 3.8) is 0 Å². The first-order valence-electron chi connectivity index (χ1n) is 7.39. The number of aryl methyl sites for hydroxylation is 1. The molecule has 0 spiro atoms. The molecule has 3 rings (SSSR count). The molecule has 0 bridgehead atoms. The Morgan fingerprint density at radius 2 is 2.29 bits per heavy atom. The average molecular weight is 285 g/mol. The first kappa shape index (κ1) is 13.7. The number of rotatable bonds is 3. The SMILES string of the molecule is CCc1nn(-c2cccc(C(=O)O)c2)c2c1CCCCN2. The highest BCUT2D eigenvalue weighted by atomic mass is 16.4. The minimum absolute atomic E-state index is 0.281. The smallest absolute Gasteiger partial charge is 0.335 e. The van der Waals surface area contributed by atoms with Crippen molar-refractivity contribution in [3.05, 3.63) is 41.1 Å². The molecule has 1 aromatic heterocycles. The Labute approximate surface area is 123 Å². The summed E-state index contributed by atoms with van der Waals surface area (Å²) in [6, 6.07) is 6.92. The predicted octanol–water partition coefficient (Wildman–Crippen LogP) is 2.88. The number of carboxylic acids is 1. The number of aromatic nitrogens is 2. The van der Waals surface area contributed by atoms with E-state index in [0.29, 0.717) is 0 Å². The second kappa shape index (κ2) is 5.60. The van der Waals surface area contributed by atoms with Gasteiger partial charge in [-0.2, -0.15) is 5.10 Å². The molecule has 1 aliphatic heterocycles. The van der Waals surface area contributed by atoms with Gasteiger partial charge in [-0.3, -0.25) is 0 Å². The highest BCUT2D eigenvalue weighted by Gasteiger charge is 2.19. The number of carboxylic acid groups (broad SMARTS) is 1. The lowest BCUT2D eigenvalue weighted by Gasteiger charge is -2.09. The van der Waals surface area contributed by atoms with Crippen molar-refractivity contribution in [3.8, 4) is 5.69 Å². The molecule has 0 aliphatic carbocycles. The zero-order valence-electron chi connectivity index (χ0n) is 12.1. The number of carbonyl (C=O) groups is 1. The van der Waals surface area contributed by atoms with Gasteiger partial charge in [0.1, 0.15) is 5.82 Å². The normalized spacial score (nSPS) is 14.1. The molecule has 0 amide bonds. The van der Waals surface area contributed by atoms with E-state index in [4.69, 9.17) is 5.11 Å². The minimum atomic E-state index is -0.918. The van der Waals surface area contributed by atoms with Crippen molar-refractivity contribution in [2.75, 3.05) is 11.9 Å². The molecule has 1 aliphatic rings. The van der Waals surface area contributed by atoms with E-state index in [9.17, 15) is 4.79 Å². The molecule has 0 radical (unpaired) electrons. The maximum atomic E-state index is 11.1. The Kier molecular flexibility index (Phi) is 3.64. The summed E-state index contributed by atoms with van der Waals surface area (Å²) < 4.78 is 1.85. The van der Waals surface area contributed by atoms with Crippen molar-refractivity contribution < 1.29 is 9.90 Å². The van der Waals surface area contributed by atoms with E-state index < -0.39 is 5.97 Å². The van der Waals surface area contributed by atoms with E-state index in [2.05, 4.69) is 17.3 Å². The molecular formula is C16H19N3O2. The summed E-state index contributed by atoms with van der Waals surface area (Å²) in [6.45, 7) is 3.03. The summed E-state index contributed by atoms with van der Waals surface area (Å²) in [4.78, 5) is 11.1. The molecule has 21 heavy (non-hydrogen) atoms. The molecule has 5 heteroatoms. The number of anilines is 1. The number of aromatic carboxylic acids is 1. The second-order valence-electron chi connectivity index (χ2n) is 5.28. The molecular weight excluding hydrogens is 266 g/mol. The van der Waals surface area contributed by atoms with Crippen LogP contribution in [0.2, 0.25) is 0 Å². The lowest BCUT2D eigenvalue weighted by Crippen LogP contribution is -2.08. The van der Waals surface area contributed by atoms with E-state index in [1.165, 1.54) is 5.56 Å². The lowest BCUT2D eigenvalue weighted by atomic mass is 10.1. The zero-order valence-corrected chi connectivity index (χ0v) is 12.1. The molecule has 0 saturated carbocycles. The van der Waals surface area contributed by atoms with Gasteiger partial charge >= 0.3 is 5.97 Å². The van der Waals surface area contributed by atoms with Gasteiger partial charge in [0.15, 0.2) is 0 Å². The van der Waals surface area contributed by atoms with Gasteiger partial charge in [0, 0.05) is 12.1 Å². The molecule has 0 fully saturated rings. The van der Waals surface area contributed by atoms with Gasteiger partial charge < -0.3 is 10.4 Å². The standard InChI is InChI=1S/C16H19N3O2/c1-2-14-13-8-3-4-9-17-15(13)19(18-14)12-7-5-6-11(10-12)16(20)21/h5-7,10,17H,2-4,8-9H2,1H3,(H,20,21). The molecule has 0 unspecified atom stereocenters. The third-order valence-electron chi connectivity index (χ3n) is 3.89. The third kappa shape index (κ3) is 2.51. The van der Waals surface area contributed by atoms with Crippen molar-refractivity contribution in [2.45, 2.75) is 32.6 Å². The fraction of sp³-hybridized carbons (Fsp3) is 0.375. The van der Waals surface area contributed by atoms with Crippen molar-refractivity contribution in [2.24, 2.45) is 0 Å². The van der Waals surface area contributed by atoms with Crippen LogP contribution in [0.3, 0.4) is 0 Å². The predicted molar refractivity (Wildman–Crippen MR) is 81.3 cm³/mol. The number of nitrogens with zero attached hydrogens (tertiary/aromatic N) is 2. The van der Waals surface area contributed by atoms with Crippen LogP contribution < -0.4 is 5.32 Å². The van der Waals surface area contributed by atoms with Gasteiger partial charge in [0.05, 0.1) is 16.9 Å². The van der Waals surface area contributed by atoms with Crippen LogP contribution in [0.4, 0.5) is 5.82 Å². The number of nitrogens with one attached hydrogen (secondary N) is 1. The Morgan fingerprint density at radius 3 is 3.05 bits per heavy atom. The van der Waals surface area contributed by atoms with Crippen LogP contribution in [0.1, 0.15) is 41.4 Å². The van der Waals surface area contributed by atoms with E-state index in [1.54, 1.807) is 18.2 Å². The van der Waals surface area contributed by atoms with Crippen LogP contribution in [-0.4, -0.2) is 27.4 Å². The summed E-state index contributed by atoms with van der Waals surface area (Å²) in [5, 5.41) is 17.3. The van der Waals surface area contributed by atoms with Gasteiger partial charge in [-0.1, -0.05) is 13.0 Å². The number of hydrogen-bond acceptors (Lipinski definition) is 3. The third-order valence-corrected chi connectivity index (χ3v) is 3.89. The minimum Gasteiger partial charge on any atom is -0.478 e. The Bertz CT molecular complexity index is 676. The summed E-state index contributed by atoms with van der Waals surface area (Å²) >= 11 is 0. The van der Waals surface area contributed by atoms with Crippen LogP contribution in [0, 0.1) is 0 Å². The second-order valence-corrected chi connectivity index (χ2v) is 5.28. The quantitative estimate of drug-likeness (QED) is 0.910. The first-order valence-corrected chi connectivity index (χ1v) is 7.39. The fourth-order valence-corrected chi connectivity index (χ4v) is 2.82. The van der Waals surface area contributed by atoms with Crippen LogP contribution in [0.5, 0.6) is 0 Å². The summed E-state index contributed by atoms with van der Waals surface area (Å²) in [6.07, 6.45) is 4.22. The van der Waals surface area contributed by atoms with E-state index in [-0.39, 0.29) is 5.56 Å². The molecule has 5 nitrogen and oxygen atoms in total. The summed E-state index contributed by atoms with van der Waals surface area (Å²) in [5.41, 5.74) is 3.44. The van der Waals surface area contributed by atoms with Crippen molar-refractivity contribution in [1.29, 1.82) is 0 Å². The van der Waals surface area contributed by atoms with Gasteiger partial charge in [0.25, 0.3) is 0 Å². The number of fused-ring (bicyclic) bond motifs is 1. The van der Waals surface area contributed by atoms with Crippen LogP contribution in [-0.2, 0) is 12.8 Å². The van der Waals surface area contributed by atoms with Crippen LogP contribution in [0.25, 0.3) is 5.69 Å². The van der Waals surface area contributed by atoms with Gasteiger partial charge in [-0.05, 0) is 43.9 Å². The maximum absolute atomic E-state index is 11.1. The highest BCUT2D eigenvalue weighted by Crippen LogP contribution is 2.28. The summed E-state index contributed by atoms with van der Waals surface area (Å²) in [7, 11) is 0. The molecule has 0 saturated heterocycles. The fourth-order valence-electron chi connectivity index (χ4n) is 2.82.